The molecule has 2 aromatic carbocycles. The molecule has 0 saturated carbocycles. The predicted octanol–water partition coefficient (Wildman–Crippen LogP) is 5.02. The highest BCUT2D eigenvalue weighted by molar-refractivity contribution is 5.79. The molecule has 0 radical (unpaired) electrons. The second-order valence-electron chi connectivity index (χ2n) is 8.00. The SMILES string of the molecule is CC(C)(C)OC[C@@H](CN=[N+]=[N-])NC(=O)OCC1c2ccccc2-c2ccccc21. The van der Waals surface area contributed by atoms with Gasteiger partial charge in [0.1, 0.15) is 6.61 Å². The number of hydrogen-bond donors (Lipinski definition) is 1. The van der Waals surface area contributed by atoms with Gasteiger partial charge in [-0.25, -0.2) is 4.79 Å². The number of rotatable bonds is 7. The second-order valence-corrected chi connectivity index (χ2v) is 8.00. The molecule has 7 heteroatoms. The quantitative estimate of drug-likeness (QED) is 0.406. The third-order valence-electron chi connectivity index (χ3n) is 4.75. The van der Waals surface area contributed by atoms with Crippen LogP contribution in [0.2, 0.25) is 0 Å². The van der Waals surface area contributed by atoms with E-state index in [9.17, 15) is 4.79 Å². The van der Waals surface area contributed by atoms with E-state index in [2.05, 4.69) is 39.6 Å². The lowest BCUT2D eigenvalue weighted by Crippen LogP contribution is -2.42. The van der Waals surface area contributed by atoms with Gasteiger partial charge in [0.25, 0.3) is 0 Å². The van der Waals surface area contributed by atoms with E-state index in [0.29, 0.717) is 0 Å². The third-order valence-corrected chi connectivity index (χ3v) is 4.75. The van der Waals surface area contributed by atoms with Crippen LogP contribution in [0.15, 0.2) is 53.6 Å². The molecule has 152 valence electrons. The topological polar surface area (TPSA) is 96.3 Å². The number of alkyl carbamates (subject to hydrolysis) is 1. The lowest BCUT2D eigenvalue weighted by atomic mass is 9.98. The first-order valence-electron chi connectivity index (χ1n) is 9.65. The van der Waals surface area contributed by atoms with Crippen LogP contribution in [-0.4, -0.2) is 37.5 Å². The fourth-order valence-corrected chi connectivity index (χ4v) is 3.43. The molecular weight excluding hydrogens is 368 g/mol. The number of nitrogens with one attached hydrogen (secondary N) is 1. The van der Waals surface area contributed by atoms with Gasteiger partial charge in [0.15, 0.2) is 0 Å². The van der Waals surface area contributed by atoms with Crippen LogP contribution in [0.1, 0.15) is 37.8 Å². The van der Waals surface area contributed by atoms with Crippen molar-refractivity contribution < 1.29 is 14.3 Å². The molecule has 3 rings (SSSR count). The van der Waals surface area contributed by atoms with E-state index in [1.165, 1.54) is 11.1 Å². The average molecular weight is 394 g/mol. The number of carbonyl (C=O) groups is 1. The van der Waals surface area contributed by atoms with Crippen molar-refractivity contribution >= 4 is 6.09 Å². The van der Waals surface area contributed by atoms with Crippen molar-refractivity contribution in [2.45, 2.75) is 38.3 Å². The molecule has 0 aliphatic heterocycles. The standard InChI is InChI=1S/C22H26N4O3/c1-22(2,3)29-13-15(12-24-26-23)25-21(27)28-14-20-18-10-6-4-8-16(18)17-9-5-7-11-19(17)20/h4-11,15,20H,12-14H2,1-3H3,(H,25,27)/t15-/m1/s1. The molecule has 29 heavy (non-hydrogen) atoms. The summed E-state index contributed by atoms with van der Waals surface area (Å²) in [5.74, 6) is -0.00504. The summed E-state index contributed by atoms with van der Waals surface area (Å²) >= 11 is 0. The molecule has 0 saturated heterocycles. The van der Waals surface area contributed by atoms with Crippen LogP contribution in [0.3, 0.4) is 0 Å². The number of hydrogen-bond acceptors (Lipinski definition) is 4. The van der Waals surface area contributed by atoms with Crippen LogP contribution in [0.4, 0.5) is 4.79 Å². The predicted molar refractivity (Wildman–Crippen MR) is 112 cm³/mol. The Hall–Kier alpha value is -3.02. The van der Waals surface area contributed by atoms with Gasteiger partial charge in [0.2, 0.25) is 0 Å². The Morgan fingerprint density at radius 3 is 2.28 bits per heavy atom. The van der Waals surface area contributed by atoms with Crippen molar-refractivity contribution in [3.8, 4) is 11.1 Å². The van der Waals surface area contributed by atoms with Gasteiger partial charge in [-0.2, -0.15) is 0 Å². The molecule has 0 bridgehead atoms. The summed E-state index contributed by atoms with van der Waals surface area (Å²) in [7, 11) is 0. The number of nitrogens with zero attached hydrogens (tertiary/aromatic N) is 3. The Bertz CT molecular complexity index is 871. The van der Waals surface area contributed by atoms with E-state index < -0.39 is 12.1 Å². The Morgan fingerprint density at radius 1 is 1.14 bits per heavy atom. The van der Waals surface area contributed by atoms with Crippen LogP contribution < -0.4 is 5.32 Å². The van der Waals surface area contributed by atoms with Crippen LogP contribution >= 0.6 is 0 Å². The number of azide groups is 1. The maximum atomic E-state index is 12.4. The number of amides is 1. The number of ether oxygens (including phenoxy) is 2. The van der Waals surface area contributed by atoms with Gasteiger partial charge >= 0.3 is 6.09 Å². The van der Waals surface area contributed by atoms with Gasteiger partial charge in [-0.1, -0.05) is 53.6 Å². The minimum absolute atomic E-state index is 0.00504. The summed E-state index contributed by atoms with van der Waals surface area (Å²) in [6, 6.07) is 15.9. The largest absolute Gasteiger partial charge is 0.449 e. The third kappa shape index (κ3) is 5.28. The van der Waals surface area contributed by atoms with Gasteiger partial charge < -0.3 is 14.8 Å². The normalized spacial score (nSPS) is 13.8. The van der Waals surface area contributed by atoms with Crippen molar-refractivity contribution in [2.24, 2.45) is 5.11 Å². The van der Waals surface area contributed by atoms with E-state index in [1.54, 1.807) is 0 Å². The zero-order valence-electron chi connectivity index (χ0n) is 17.0. The summed E-state index contributed by atoms with van der Waals surface area (Å²) < 4.78 is 11.2. The summed E-state index contributed by atoms with van der Waals surface area (Å²) in [6.45, 7) is 6.32. The molecule has 0 heterocycles. The smallest absolute Gasteiger partial charge is 0.407 e. The van der Waals surface area contributed by atoms with Crippen LogP contribution in [-0.2, 0) is 9.47 Å². The zero-order chi connectivity index (χ0) is 20.9. The van der Waals surface area contributed by atoms with Crippen LogP contribution in [0, 0.1) is 0 Å². The first-order chi connectivity index (χ1) is 13.9. The van der Waals surface area contributed by atoms with E-state index in [-0.39, 0.29) is 31.3 Å². The van der Waals surface area contributed by atoms with Gasteiger partial charge in [-0.15, -0.1) is 0 Å². The lowest BCUT2D eigenvalue weighted by molar-refractivity contribution is -0.0134. The molecule has 1 amide bonds. The molecule has 1 atom stereocenters. The minimum Gasteiger partial charge on any atom is -0.449 e. The number of benzene rings is 2. The molecule has 1 N–H and O–H groups in total. The van der Waals surface area contributed by atoms with Gasteiger partial charge in [-0.3, -0.25) is 0 Å². The minimum atomic E-state index is -0.553. The highest BCUT2D eigenvalue weighted by Gasteiger charge is 2.29. The van der Waals surface area contributed by atoms with E-state index in [4.69, 9.17) is 15.0 Å². The molecule has 2 aromatic rings. The Labute approximate surface area is 170 Å². The van der Waals surface area contributed by atoms with Crippen molar-refractivity contribution in [2.75, 3.05) is 19.8 Å². The van der Waals surface area contributed by atoms with Crippen molar-refractivity contribution in [1.29, 1.82) is 0 Å². The number of carbonyl (C=O) groups excluding carboxylic acids is 1. The van der Waals surface area contributed by atoms with Crippen molar-refractivity contribution in [3.63, 3.8) is 0 Å². The monoisotopic (exact) mass is 394 g/mol. The molecule has 7 nitrogen and oxygen atoms in total. The van der Waals surface area contributed by atoms with E-state index in [1.807, 2.05) is 45.0 Å². The zero-order valence-corrected chi connectivity index (χ0v) is 17.0. The van der Waals surface area contributed by atoms with E-state index >= 15 is 0 Å². The first kappa shape index (κ1) is 20.7. The fraction of sp³-hybridized carbons (Fsp3) is 0.409. The highest BCUT2D eigenvalue weighted by atomic mass is 16.5. The molecule has 1 aliphatic rings. The second kappa shape index (κ2) is 8.99. The average Bonchev–Trinajstić information content (AvgIpc) is 3.02. The Balaban J connectivity index is 1.64. The molecule has 1 aliphatic carbocycles. The molecule has 0 spiro atoms. The summed E-state index contributed by atoms with van der Waals surface area (Å²) in [5, 5.41) is 6.30. The molecule has 0 aromatic heterocycles. The first-order valence-corrected chi connectivity index (χ1v) is 9.65. The Morgan fingerprint density at radius 2 is 1.72 bits per heavy atom. The van der Waals surface area contributed by atoms with Gasteiger partial charge in [0, 0.05) is 17.4 Å². The summed E-state index contributed by atoms with van der Waals surface area (Å²) in [6.07, 6.45) is -0.553. The lowest BCUT2D eigenvalue weighted by Gasteiger charge is -2.24. The molecule has 0 unspecified atom stereocenters. The van der Waals surface area contributed by atoms with Crippen molar-refractivity contribution in [1.82, 2.24) is 5.32 Å². The van der Waals surface area contributed by atoms with Crippen molar-refractivity contribution in [3.05, 3.63) is 70.1 Å². The maximum Gasteiger partial charge on any atom is 0.407 e. The Kier molecular flexibility index (Phi) is 6.42. The van der Waals surface area contributed by atoms with E-state index in [0.717, 1.165) is 11.1 Å². The van der Waals surface area contributed by atoms with Crippen LogP contribution in [0.5, 0.6) is 0 Å². The summed E-state index contributed by atoms with van der Waals surface area (Å²) in [5.41, 5.74) is 12.9. The maximum absolute atomic E-state index is 12.4. The van der Waals surface area contributed by atoms with Gasteiger partial charge in [-0.05, 0) is 48.6 Å². The highest BCUT2D eigenvalue weighted by Crippen LogP contribution is 2.44. The van der Waals surface area contributed by atoms with Gasteiger partial charge in [0.05, 0.1) is 18.2 Å². The molecule has 0 fully saturated rings. The molecular formula is C22H26N4O3. The fourth-order valence-electron chi connectivity index (χ4n) is 3.43. The summed E-state index contributed by atoms with van der Waals surface area (Å²) in [4.78, 5) is 15.2. The van der Waals surface area contributed by atoms with Crippen LogP contribution in [0.25, 0.3) is 21.6 Å². The number of fused-ring (bicyclic) bond motifs is 3.